The van der Waals surface area contributed by atoms with Gasteiger partial charge in [-0.1, -0.05) is 6.92 Å². The Labute approximate surface area is 90.4 Å². The molecule has 13 heavy (non-hydrogen) atoms. The topological polar surface area (TPSA) is 26.3 Å². The van der Waals surface area contributed by atoms with Gasteiger partial charge in [-0.05, 0) is 47.2 Å². The van der Waals surface area contributed by atoms with Crippen LogP contribution in [-0.4, -0.2) is 11.9 Å². The first-order valence-electron chi connectivity index (χ1n) is 4.22. The maximum atomic E-state index is 11.7. The van der Waals surface area contributed by atoms with Gasteiger partial charge in [0.2, 0.25) is 5.78 Å². The molecule has 0 saturated heterocycles. The van der Waals surface area contributed by atoms with Gasteiger partial charge in [0.05, 0.1) is 5.56 Å². The predicted molar refractivity (Wildman–Crippen MR) is 58.2 cm³/mol. The van der Waals surface area contributed by atoms with Gasteiger partial charge in [0.1, 0.15) is 5.75 Å². The average Bonchev–Trinajstić information content (AvgIpc) is 2.44. The first kappa shape index (κ1) is 8.99. The number of halogens is 1. The standard InChI is InChI=1S/C10H9IO2/c1-2-8-10(12)7-5-6(11)3-4-9(7)13-8/h3-5,8H,2H2,1H3. The lowest BCUT2D eigenvalue weighted by molar-refractivity contribution is 0.0853. The van der Waals surface area contributed by atoms with Gasteiger partial charge < -0.3 is 4.74 Å². The van der Waals surface area contributed by atoms with Gasteiger partial charge in [0, 0.05) is 3.57 Å². The van der Waals surface area contributed by atoms with Crippen LogP contribution in [0.3, 0.4) is 0 Å². The molecule has 0 aliphatic carbocycles. The van der Waals surface area contributed by atoms with Gasteiger partial charge in [-0.25, -0.2) is 0 Å². The molecule has 1 heterocycles. The highest BCUT2D eigenvalue weighted by atomic mass is 127. The maximum Gasteiger partial charge on any atom is 0.207 e. The van der Waals surface area contributed by atoms with Crippen molar-refractivity contribution in [1.82, 2.24) is 0 Å². The lowest BCUT2D eigenvalue weighted by atomic mass is 10.1. The van der Waals surface area contributed by atoms with E-state index in [9.17, 15) is 4.79 Å². The Morgan fingerprint density at radius 2 is 2.31 bits per heavy atom. The summed E-state index contributed by atoms with van der Waals surface area (Å²) >= 11 is 2.19. The summed E-state index contributed by atoms with van der Waals surface area (Å²) in [6.07, 6.45) is 0.484. The molecule has 0 fully saturated rings. The highest BCUT2D eigenvalue weighted by molar-refractivity contribution is 14.1. The molecule has 0 saturated carbocycles. The van der Waals surface area contributed by atoms with Crippen molar-refractivity contribution in [2.45, 2.75) is 19.4 Å². The monoisotopic (exact) mass is 288 g/mol. The predicted octanol–water partition coefficient (Wildman–Crippen LogP) is 2.64. The SMILES string of the molecule is CCC1Oc2ccc(I)cc2C1=O. The Morgan fingerprint density at radius 3 is 3.00 bits per heavy atom. The van der Waals surface area contributed by atoms with Gasteiger partial charge in [0.15, 0.2) is 6.10 Å². The third-order valence-electron chi connectivity index (χ3n) is 2.14. The second-order valence-corrected chi connectivity index (χ2v) is 4.27. The third kappa shape index (κ3) is 1.45. The second kappa shape index (κ2) is 3.29. The Morgan fingerprint density at radius 1 is 1.54 bits per heavy atom. The van der Waals surface area contributed by atoms with Gasteiger partial charge in [-0.2, -0.15) is 0 Å². The first-order chi connectivity index (χ1) is 6.22. The zero-order valence-corrected chi connectivity index (χ0v) is 9.37. The van der Waals surface area contributed by atoms with Crippen LogP contribution in [0, 0.1) is 3.57 Å². The van der Waals surface area contributed by atoms with Crippen molar-refractivity contribution in [3.63, 3.8) is 0 Å². The lowest BCUT2D eigenvalue weighted by Crippen LogP contribution is -2.18. The van der Waals surface area contributed by atoms with Crippen molar-refractivity contribution in [2.75, 3.05) is 0 Å². The van der Waals surface area contributed by atoms with Gasteiger partial charge >= 0.3 is 0 Å². The number of benzene rings is 1. The molecule has 1 aromatic carbocycles. The minimum Gasteiger partial charge on any atom is -0.482 e. The summed E-state index contributed by atoms with van der Waals surface area (Å²) in [5.74, 6) is 0.855. The van der Waals surface area contributed by atoms with Crippen molar-refractivity contribution < 1.29 is 9.53 Å². The molecule has 1 unspecified atom stereocenters. The van der Waals surface area contributed by atoms with E-state index in [4.69, 9.17) is 4.74 Å². The fourth-order valence-electron chi connectivity index (χ4n) is 1.45. The molecule has 68 valence electrons. The minimum absolute atomic E-state index is 0.121. The molecule has 1 aliphatic heterocycles. The summed E-state index contributed by atoms with van der Waals surface area (Å²) in [6, 6.07) is 5.70. The Balaban J connectivity index is 2.45. The number of carbonyl (C=O) groups excluding carboxylic acids is 1. The van der Waals surface area contributed by atoms with E-state index in [1.807, 2.05) is 25.1 Å². The molecule has 1 atom stereocenters. The van der Waals surface area contributed by atoms with Crippen LogP contribution in [0.25, 0.3) is 0 Å². The molecule has 1 aliphatic rings. The van der Waals surface area contributed by atoms with E-state index in [2.05, 4.69) is 22.6 Å². The highest BCUT2D eigenvalue weighted by Gasteiger charge is 2.30. The Kier molecular flexibility index (Phi) is 2.27. The summed E-state index contributed by atoms with van der Waals surface area (Å²) in [4.78, 5) is 11.7. The highest BCUT2D eigenvalue weighted by Crippen LogP contribution is 2.30. The Hall–Kier alpha value is -0.580. The molecule has 0 bridgehead atoms. The summed E-state index contributed by atoms with van der Waals surface area (Å²) in [7, 11) is 0. The van der Waals surface area contributed by atoms with Crippen LogP contribution >= 0.6 is 22.6 Å². The molecule has 1 aromatic rings. The van der Waals surface area contributed by atoms with E-state index in [1.54, 1.807) is 0 Å². The third-order valence-corrected chi connectivity index (χ3v) is 2.81. The van der Waals surface area contributed by atoms with Gasteiger partial charge in [0.25, 0.3) is 0 Å². The van der Waals surface area contributed by atoms with E-state index in [0.29, 0.717) is 0 Å². The number of hydrogen-bond donors (Lipinski definition) is 0. The molecular weight excluding hydrogens is 279 g/mol. The fourth-order valence-corrected chi connectivity index (χ4v) is 1.94. The molecule has 2 nitrogen and oxygen atoms in total. The lowest BCUT2D eigenvalue weighted by Gasteiger charge is -2.03. The summed E-state index contributed by atoms with van der Waals surface area (Å²) in [6.45, 7) is 1.96. The molecule has 0 radical (unpaired) electrons. The van der Waals surface area contributed by atoms with E-state index >= 15 is 0 Å². The summed E-state index contributed by atoms with van der Waals surface area (Å²) in [5, 5.41) is 0. The van der Waals surface area contributed by atoms with E-state index in [1.165, 1.54) is 0 Å². The Bertz CT molecular complexity index is 360. The normalized spacial score (nSPS) is 19.8. The van der Waals surface area contributed by atoms with Crippen LogP contribution in [0.4, 0.5) is 0 Å². The summed E-state index contributed by atoms with van der Waals surface area (Å²) < 4.78 is 6.54. The molecule has 3 heteroatoms. The van der Waals surface area contributed by atoms with Crippen molar-refractivity contribution >= 4 is 28.4 Å². The number of fused-ring (bicyclic) bond motifs is 1. The van der Waals surface area contributed by atoms with Crippen LogP contribution in [0.1, 0.15) is 23.7 Å². The number of rotatable bonds is 1. The number of ether oxygens (including phenoxy) is 1. The molecule has 0 amide bonds. The number of ketones is 1. The van der Waals surface area contributed by atoms with E-state index < -0.39 is 0 Å². The second-order valence-electron chi connectivity index (χ2n) is 3.02. The van der Waals surface area contributed by atoms with Gasteiger partial charge in [-0.15, -0.1) is 0 Å². The quantitative estimate of drug-likeness (QED) is 0.743. The molecule has 0 aromatic heterocycles. The zero-order valence-electron chi connectivity index (χ0n) is 7.21. The van der Waals surface area contributed by atoms with Crippen LogP contribution in [-0.2, 0) is 0 Å². The van der Waals surface area contributed by atoms with Crippen molar-refractivity contribution in [2.24, 2.45) is 0 Å². The molecule has 0 N–H and O–H groups in total. The van der Waals surface area contributed by atoms with Crippen molar-refractivity contribution in [1.29, 1.82) is 0 Å². The molecular formula is C10H9IO2. The molecule has 0 spiro atoms. The largest absolute Gasteiger partial charge is 0.482 e. The number of hydrogen-bond acceptors (Lipinski definition) is 2. The van der Waals surface area contributed by atoms with Crippen LogP contribution in [0.15, 0.2) is 18.2 Å². The maximum absolute atomic E-state index is 11.7. The smallest absolute Gasteiger partial charge is 0.207 e. The van der Waals surface area contributed by atoms with Crippen LogP contribution in [0.5, 0.6) is 5.75 Å². The minimum atomic E-state index is -0.256. The average molecular weight is 288 g/mol. The molecule has 2 rings (SSSR count). The first-order valence-corrected chi connectivity index (χ1v) is 5.30. The van der Waals surface area contributed by atoms with E-state index in [0.717, 1.165) is 21.3 Å². The van der Waals surface area contributed by atoms with Crippen molar-refractivity contribution in [3.8, 4) is 5.75 Å². The number of Topliss-reactive ketones (excluding diaryl/α,β-unsaturated/α-hetero) is 1. The van der Waals surface area contributed by atoms with Gasteiger partial charge in [-0.3, -0.25) is 4.79 Å². The van der Waals surface area contributed by atoms with Crippen molar-refractivity contribution in [3.05, 3.63) is 27.3 Å². The van der Waals surface area contributed by atoms with Crippen LogP contribution < -0.4 is 4.74 Å². The number of carbonyl (C=O) groups is 1. The summed E-state index contributed by atoms with van der Waals surface area (Å²) in [5.41, 5.74) is 0.735. The van der Waals surface area contributed by atoms with E-state index in [-0.39, 0.29) is 11.9 Å². The van der Waals surface area contributed by atoms with Crippen LogP contribution in [0.2, 0.25) is 0 Å². The zero-order chi connectivity index (χ0) is 9.42. The fraction of sp³-hybridized carbons (Fsp3) is 0.300.